The second kappa shape index (κ2) is 10.3. The van der Waals surface area contributed by atoms with Crippen LogP contribution in [0.3, 0.4) is 0 Å². The summed E-state index contributed by atoms with van der Waals surface area (Å²) in [5.74, 6) is -1.06. The van der Waals surface area contributed by atoms with Crippen molar-refractivity contribution in [2.45, 2.75) is 0 Å². The summed E-state index contributed by atoms with van der Waals surface area (Å²) in [6.45, 7) is 0. The number of nitrogens with zero attached hydrogens (tertiary/aromatic N) is 3. The second-order valence-electron chi connectivity index (χ2n) is 7.60. The number of non-ortho nitro benzene ring substituents is 2. The first-order chi connectivity index (χ1) is 17.3. The van der Waals surface area contributed by atoms with Gasteiger partial charge in [0, 0.05) is 34.8 Å². The van der Waals surface area contributed by atoms with Crippen LogP contribution in [0.1, 0.15) is 20.7 Å². The molecule has 4 aromatic rings. The van der Waals surface area contributed by atoms with Gasteiger partial charge in [-0.15, -0.1) is 0 Å². The second-order valence-corrected chi connectivity index (χ2v) is 7.60. The summed E-state index contributed by atoms with van der Waals surface area (Å²) >= 11 is 0. The Morgan fingerprint density at radius 2 is 1.11 bits per heavy atom. The van der Waals surface area contributed by atoms with Gasteiger partial charge in [0.15, 0.2) is 0 Å². The van der Waals surface area contributed by atoms with Gasteiger partial charge in [-0.3, -0.25) is 34.7 Å². The third kappa shape index (κ3) is 5.23. The van der Waals surface area contributed by atoms with Crippen LogP contribution < -0.4 is 10.2 Å². The summed E-state index contributed by atoms with van der Waals surface area (Å²) in [5, 5.41) is 24.7. The van der Waals surface area contributed by atoms with E-state index < -0.39 is 27.1 Å². The zero-order valence-corrected chi connectivity index (χ0v) is 18.6. The van der Waals surface area contributed by atoms with Crippen molar-refractivity contribution in [1.82, 2.24) is 0 Å². The average molecular weight is 482 g/mol. The van der Waals surface area contributed by atoms with E-state index in [4.69, 9.17) is 0 Å². The van der Waals surface area contributed by atoms with Crippen LogP contribution in [0.5, 0.6) is 0 Å². The summed E-state index contributed by atoms with van der Waals surface area (Å²) in [5.41, 5.74) is 0.630. The summed E-state index contributed by atoms with van der Waals surface area (Å²) in [4.78, 5) is 48.2. The molecule has 0 spiro atoms. The zero-order valence-electron chi connectivity index (χ0n) is 18.6. The lowest BCUT2D eigenvalue weighted by atomic mass is 10.1. The number of amides is 2. The predicted molar refractivity (Wildman–Crippen MR) is 133 cm³/mol. The first-order valence-electron chi connectivity index (χ1n) is 10.6. The van der Waals surface area contributed by atoms with E-state index in [-0.39, 0.29) is 11.5 Å². The molecule has 0 bridgehead atoms. The number of rotatable bonds is 7. The lowest BCUT2D eigenvalue weighted by Crippen LogP contribution is -2.25. The molecule has 0 aliphatic heterocycles. The normalized spacial score (nSPS) is 10.3. The standard InChI is InChI=1S/C26H18N4O6/c31-25(19-15-23(29(33)34)17-24(16-19)30(35)36)27-20-13-11-18(12-14-20)26(32)28(21-7-3-1-4-8-21)22-9-5-2-6-10-22/h1-17H,(H,27,31). The number of benzene rings is 4. The van der Waals surface area contributed by atoms with Gasteiger partial charge in [0.1, 0.15) is 0 Å². The lowest BCUT2D eigenvalue weighted by Gasteiger charge is -2.23. The van der Waals surface area contributed by atoms with Crippen LogP contribution in [0.15, 0.2) is 103 Å². The highest BCUT2D eigenvalue weighted by molar-refractivity contribution is 6.11. The van der Waals surface area contributed by atoms with Gasteiger partial charge in [-0.1, -0.05) is 36.4 Å². The quantitative estimate of drug-likeness (QED) is 0.264. The number of hydrogen-bond donors (Lipinski definition) is 1. The Labute approximate surface area is 204 Å². The molecule has 0 atom stereocenters. The molecule has 0 saturated heterocycles. The first kappa shape index (κ1) is 23.8. The molecule has 0 aliphatic rings. The predicted octanol–water partition coefficient (Wildman–Crippen LogP) is 5.73. The van der Waals surface area contributed by atoms with Crippen molar-refractivity contribution < 1.29 is 19.4 Å². The first-order valence-corrected chi connectivity index (χ1v) is 10.6. The molecule has 4 aromatic carbocycles. The van der Waals surface area contributed by atoms with E-state index in [0.29, 0.717) is 22.6 Å². The topological polar surface area (TPSA) is 136 Å². The van der Waals surface area contributed by atoms with Gasteiger partial charge < -0.3 is 5.32 Å². The molecule has 0 heterocycles. The highest BCUT2D eigenvalue weighted by Crippen LogP contribution is 2.28. The molecule has 1 N–H and O–H groups in total. The largest absolute Gasteiger partial charge is 0.322 e. The number of anilines is 3. The minimum Gasteiger partial charge on any atom is -0.322 e. The van der Waals surface area contributed by atoms with Gasteiger partial charge in [0.05, 0.1) is 21.5 Å². The molecule has 0 fully saturated rings. The minimum atomic E-state index is -0.810. The molecular weight excluding hydrogens is 464 g/mol. The SMILES string of the molecule is O=C(Nc1ccc(C(=O)N(c2ccccc2)c2ccccc2)cc1)c1cc([N+](=O)[O-])cc([N+](=O)[O-])c1. The van der Waals surface area contributed by atoms with E-state index in [9.17, 15) is 29.8 Å². The summed E-state index contributed by atoms with van der Waals surface area (Å²) in [6, 6.07) is 27.1. The molecule has 36 heavy (non-hydrogen) atoms. The number of nitrogens with one attached hydrogen (secondary N) is 1. The molecule has 0 saturated carbocycles. The summed E-state index contributed by atoms with van der Waals surface area (Å²) in [7, 11) is 0. The highest BCUT2D eigenvalue weighted by atomic mass is 16.6. The molecule has 178 valence electrons. The fourth-order valence-corrected chi connectivity index (χ4v) is 3.50. The molecule has 2 amide bonds. The fraction of sp³-hybridized carbons (Fsp3) is 0. The van der Waals surface area contributed by atoms with Crippen molar-refractivity contribution in [1.29, 1.82) is 0 Å². The van der Waals surface area contributed by atoms with Gasteiger partial charge in [-0.05, 0) is 48.5 Å². The van der Waals surface area contributed by atoms with Crippen molar-refractivity contribution >= 4 is 40.3 Å². The maximum Gasteiger partial charge on any atom is 0.277 e. The zero-order chi connectivity index (χ0) is 25.7. The Morgan fingerprint density at radius 1 is 0.639 bits per heavy atom. The number of para-hydroxylation sites is 2. The van der Waals surface area contributed by atoms with Crippen LogP contribution in [-0.2, 0) is 0 Å². The van der Waals surface area contributed by atoms with E-state index in [1.807, 2.05) is 60.7 Å². The van der Waals surface area contributed by atoms with Crippen LogP contribution >= 0.6 is 0 Å². The van der Waals surface area contributed by atoms with Crippen LogP contribution in [0.4, 0.5) is 28.4 Å². The molecule has 0 aromatic heterocycles. The van der Waals surface area contributed by atoms with E-state index >= 15 is 0 Å². The Balaban J connectivity index is 1.58. The molecule has 10 nitrogen and oxygen atoms in total. The fourth-order valence-electron chi connectivity index (χ4n) is 3.50. The number of carbonyl (C=O) groups excluding carboxylic acids is 2. The van der Waals surface area contributed by atoms with Crippen molar-refractivity contribution in [2.24, 2.45) is 0 Å². The highest BCUT2D eigenvalue weighted by Gasteiger charge is 2.21. The van der Waals surface area contributed by atoms with Gasteiger partial charge >= 0.3 is 0 Å². The molecule has 0 aliphatic carbocycles. The Hall–Kier alpha value is -5.38. The van der Waals surface area contributed by atoms with Crippen molar-refractivity contribution in [2.75, 3.05) is 10.2 Å². The van der Waals surface area contributed by atoms with E-state index in [1.165, 1.54) is 24.3 Å². The van der Waals surface area contributed by atoms with Gasteiger partial charge in [0.2, 0.25) is 0 Å². The van der Waals surface area contributed by atoms with Crippen LogP contribution in [0, 0.1) is 20.2 Å². The Morgan fingerprint density at radius 3 is 1.56 bits per heavy atom. The van der Waals surface area contributed by atoms with Crippen LogP contribution in [0.25, 0.3) is 0 Å². The van der Waals surface area contributed by atoms with Gasteiger partial charge in [0.25, 0.3) is 23.2 Å². The van der Waals surface area contributed by atoms with E-state index in [1.54, 1.807) is 4.90 Å². The van der Waals surface area contributed by atoms with Crippen molar-refractivity contribution in [3.05, 3.63) is 134 Å². The molecule has 4 rings (SSSR count). The Kier molecular flexibility index (Phi) is 6.78. The number of nitro benzene ring substituents is 2. The van der Waals surface area contributed by atoms with Crippen LogP contribution in [0.2, 0.25) is 0 Å². The van der Waals surface area contributed by atoms with E-state index in [0.717, 1.165) is 18.2 Å². The van der Waals surface area contributed by atoms with E-state index in [2.05, 4.69) is 5.32 Å². The minimum absolute atomic E-state index is 0.240. The molecule has 0 unspecified atom stereocenters. The number of carbonyl (C=O) groups is 2. The smallest absolute Gasteiger partial charge is 0.277 e. The average Bonchev–Trinajstić information content (AvgIpc) is 2.90. The number of nitro groups is 2. The van der Waals surface area contributed by atoms with Crippen molar-refractivity contribution in [3.63, 3.8) is 0 Å². The maximum absolute atomic E-state index is 13.4. The van der Waals surface area contributed by atoms with Crippen LogP contribution in [-0.4, -0.2) is 21.7 Å². The summed E-state index contributed by atoms with van der Waals surface area (Å²) < 4.78 is 0. The molecular formula is C26H18N4O6. The molecule has 10 heteroatoms. The van der Waals surface area contributed by atoms with Gasteiger partial charge in [-0.25, -0.2) is 0 Å². The Bertz CT molecular complexity index is 1370. The summed E-state index contributed by atoms with van der Waals surface area (Å²) in [6.07, 6.45) is 0. The lowest BCUT2D eigenvalue weighted by molar-refractivity contribution is -0.394. The monoisotopic (exact) mass is 482 g/mol. The van der Waals surface area contributed by atoms with Gasteiger partial charge in [-0.2, -0.15) is 0 Å². The van der Waals surface area contributed by atoms with Crippen molar-refractivity contribution in [3.8, 4) is 0 Å². The maximum atomic E-state index is 13.4. The third-order valence-electron chi connectivity index (χ3n) is 5.21. The molecule has 0 radical (unpaired) electrons. The number of hydrogen-bond acceptors (Lipinski definition) is 6. The third-order valence-corrected chi connectivity index (χ3v) is 5.21.